The van der Waals surface area contributed by atoms with E-state index >= 15 is 0 Å². The highest BCUT2D eigenvalue weighted by Crippen LogP contribution is 2.28. The van der Waals surface area contributed by atoms with E-state index in [1.807, 2.05) is 6.07 Å². The van der Waals surface area contributed by atoms with Gasteiger partial charge in [0.1, 0.15) is 0 Å². The Labute approximate surface area is 128 Å². The molecule has 1 fully saturated rings. The molecule has 2 rings (SSSR count). The van der Waals surface area contributed by atoms with Crippen LogP contribution in [-0.2, 0) is 6.54 Å². The molecule has 0 radical (unpaired) electrons. The fourth-order valence-electron chi connectivity index (χ4n) is 2.85. The molecule has 0 unspecified atom stereocenters. The lowest BCUT2D eigenvalue weighted by Crippen LogP contribution is -2.32. The van der Waals surface area contributed by atoms with E-state index in [1.54, 1.807) is 12.1 Å². The van der Waals surface area contributed by atoms with Gasteiger partial charge in [0, 0.05) is 18.7 Å². The van der Waals surface area contributed by atoms with Crippen LogP contribution in [0.1, 0.15) is 44.6 Å². The van der Waals surface area contributed by atoms with Crippen molar-refractivity contribution in [2.75, 3.05) is 0 Å². The molecule has 4 nitrogen and oxygen atoms in total. The first-order valence-corrected chi connectivity index (χ1v) is 8.05. The first-order valence-electron chi connectivity index (χ1n) is 7.26. The smallest absolute Gasteiger partial charge is 0.283 e. The quantitative estimate of drug-likeness (QED) is 0.637. The highest BCUT2D eigenvalue weighted by atomic mass is 79.9. The molecule has 0 aromatic heterocycles. The summed E-state index contributed by atoms with van der Waals surface area (Å²) >= 11 is 3.21. The van der Waals surface area contributed by atoms with Crippen molar-refractivity contribution in [2.45, 2.75) is 51.6 Å². The first kappa shape index (κ1) is 15.4. The van der Waals surface area contributed by atoms with Crippen LogP contribution in [0.4, 0.5) is 5.69 Å². The summed E-state index contributed by atoms with van der Waals surface area (Å²) in [6.07, 6.45) is 6.32. The van der Waals surface area contributed by atoms with E-state index in [-0.39, 0.29) is 10.6 Å². The topological polar surface area (TPSA) is 55.2 Å². The molecule has 1 aliphatic carbocycles. The molecule has 1 N–H and O–H groups in total. The second-order valence-corrected chi connectivity index (χ2v) is 6.40. The van der Waals surface area contributed by atoms with Gasteiger partial charge in [0.05, 0.1) is 9.40 Å². The van der Waals surface area contributed by atoms with Gasteiger partial charge in [-0.1, -0.05) is 19.4 Å². The number of halogens is 1. The van der Waals surface area contributed by atoms with Crippen LogP contribution in [0.15, 0.2) is 22.7 Å². The highest BCUT2D eigenvalue weighted by molar-refractivity contribution is 9.10. The predicted octanol–water partition coefficient (Wildman–Crippen LogP) is 4.42. The van der Waals surface area contributed by atoms with Crippen molar-refractivity contribution in [1.29, 1.82) is 0 Å². The molecule has 0 amide bonds. The van der Waals surface area contributed by atoms with E-state index in [4.69, 9.17) is 0 Å². The molecule has 5 heteroatoms. The lowest BCUT2D eigenvalue weighted by atomic mass is 9.84. The average molecular weight is 341 g/mol. The van der Waals surface area contributed by atoms with Crippen LogP contribution in [0.5, 0.6) is 0 Å². The molecule has 0 spiro atoms. The Hall–Kier alpha value is -0.940. The van der Waals surface area contributed by atoms with Gasteiger partial charge in [-0.15, -0.1) is 0 Å². The van der Waals surface area contributed by atoms with Crippen LogP contribution in [0.25, 0.3) is 0 Å². The standard InChI is InChI=1S/C15H21BrN2O2/c1-2-11-3-6-13(7-4-11)17-10-12-5-8-14(16)15(9-12)18(19)20/h5,8-9,11,13,17H,2-4,6-7,10H2,1H3. The summed E-state index contributed by atoms with van der Waals surface area (Å²) in [5.74, 6) is 0.891. The molecule has 0 bridgehead atoms. The number of rotatable bonds is 5. The molecule has 0 heterocycles. The van der Waals surface area contributed by atoms with E-state index in [9.17, 15) is 10.1 Å². The summed E-state index contributed by atoms with van der Waals surface area (Å²) in [6.45, 7) is 2.97. The van der Waals surface area contributed by atoms with Crippen molar-refractivity contribution in [3.8, 4) is 0 Å². The van der Waals surface area contributed by atoms with Gasteiger partial charge in [-0.25, -0.2) is 0 Å². The Balaban J connectivity index is 1.88. The van der Waals surface area contributed by atoms with E-state index in [1.165, 1.54) is 32.1 Å². The second kappa shape index (κ2) is 7.18. The van der Waals surface area contributed by atoms with Crippen LogP contribution in [0.3, 0.4) is 0 Å². The first-order chi connectivity index (χ1) is 9.60. The van der Waals surface area contributed by atoms with Crippen LogP contribution in [0.2, 0.25) is 0 Å². The maximum Gasteiger partial charge on any atom is 0.283 e. The lowest BCUT2D eigenvalue weighted by molar-refractivity contribution is -0.385. The molecule has 20 heavy (non-hydrogen) atoms. The summed E-state index contributed by atoms with van der Waals surface area (Å²) in [5.41, 5.74) is 1.11. The Bertz CT molecular complexity index is 471. The van der Waals surface area contributed by atoms with Gasteiger partial charge in [-0.2, -0.15) is 0 Å². The van der Waals surface area contributed by atoms with Crippen molar-refractivity contribution in [3.05, 3.63) is 38.3 Å². The van der Waals surface area contributed by atoms with Crippen LogP contribution < -0.4 is 5.32 Å². The van der Waals surface area contributed by atoms with E-state index in [2.05, 4.69) is 28.2 Å². The molecular formula is C15H21BrN2O2. The fraction of sp³-hybridized carbons (Fsp3) is 0.600. The third-order valence-corrected chi connectivity index (χ3v) is 4.90. The Kier molecular flexibility index (Phi) is 5.54. The molecule has 1 aliphatic rings. The molecule has 1 aromatic rings. The number of nitro groups is 1. The third-order valence-electron chi connectivity index (χ3n) is 4.23. The number of benzene rings is 1. The van der Waals surface area contributed by atoms with Gasteiger partial charge in [0.2, 0.25) is 0 Å². The van der Waals surface area contributed by atoms with Gasteiger partial charge in [-0.05, 0) is 59.2 Å². The average Bonchev–Trinajstić information content (AvgIpc) is 2.46. The molecule has 1 saturated carbocycles. The van der Waals surface area contributed by atoms with E-state index in [0.717, 1.165) is 11.5 Å². The Morgan fingerprint density at radius 2 is 2.05 bits per heavy atom. The van der Waals surface area contributed by atoms with Crippen molar-refractivity contribution < 1.29 is 4.92 Å². The maximum atomic E-state index is 10.9. The normalized spacial score (nSPS) is 22.7. The van der Waals surface area contributed by atoms with Gasteiger partial charge in [0.15, 0.2) is 0 Å². The summed E-state index contributed by atoms with van der Waals surface area (Å²) < 4.78 is 0.537. The molecular weight excluding hydrogens is 320 g/mol. The number of nitro benzene ring substituents is 1. The maximum absolute atomic E-state index is 10.9. The van der Waals surface area contributed by atoms with Gasteiger partial charge in [-0.3, -0.25) is 10.1 Å². The van der Waals surface area contributed by atoms with Crippen molar-refractivity contribution >= 4 is 21.6 Å². The van der Waals surface area contributed by atoms with Gasteiger partial charge >= 0.3 is 0 Å². The lowest BCUT2D eigenvalue weighted by Gasteiger charge is -2.28. The molecule has 1 aromatic carbocycles. The predicted molar refractivity (Wildman–Crippen MR) is 83.7 cm³/mol. The SMILES string of the molecule is CCC1CCC(NCc2ccc(Br)c([N+](=O)[O-])c2)CC1. The second-order valence-electron chi connectivity index (χ2n) is 5.55. The Morgan fingerprint density at radius 3 is 2.65 bits per heavy atom. The van der Waals surface area contributed by atoms with Crippen molar-refractivity contribution in [3.63, 3.8) is 0 Å². The zero-order valence-electron chi connectivity index (χ0n) is 11.8. The number of nitrogens with zero attached hydrogens (tertiary/aromatic N) is 1. The summed E-state index contributed by atoms with van der Waals surface area (Å²) in [4.78, 5) is 10.6. The molecule has 0 aliphatic heterocycles. The highest BCUT2D eigenvalue weighted by Gasteiger charge is 2.19. The minimum Gasteiger partial charge on any atom is -0.310 e. The zero-order chi connectivity index (χ0) is 14.5. The minimum absolute atomic E-state index is 0.138. The minimum atomic E-state index is -0.347. The summed E-state index contributed by atoms with van der Waals surface area (Å²) in [7, 11) is 0. The van der Waals surface area contributed by atoms with Gasteiger partial charge < -0.3 is 5.32 Å². The number of hydrogen-bond acceptors (Lipinski definition) is 3. The van der Waals surface area contributed by atoms with E-state index in [0.29, 0.717) is 17.1 Å². The van der Waals surface area contributed by atoms with Crippen LogP contribution >= 0.6 is 15.9 Å². The monoisotopic (exact) mass is 340 g/mol. The molecule has 0 atom stereocenters. The molecule has 110 valence electrons. The van der Waals surface area contributed by atoms with E-state index < -0.39 is 0 Å². The Morgan fingerprint density at radius 1 is 1.35 bits per heavy atom. The summed E-state index contributed by atoms with van der Waals surface area (Å²) in [6, 6.07) is 5.89. The zero-order valence-corrected chi connectivity index (χ0v) is 13.4. The fourth-order valence-corrected chi connectivity index (χ4v) is 3.24. The largest absolute Gasteiger partial charge is 0.310 e. The van der Waals surface area contributed by atoms with Crippen LogP contribution in [-0.4, -0.2) is 11.0 Å². The van der Waals surface area contributed by atoms with Crippen molar-refractivity contribution in [1.82, 2.24) is 5.32 Å². The van der Waals surface area contributed by atoms with Crippen molar-refractivity contribution in [2.24, 2.45) is 5.92 Å². The number of nitrogens with one attached hydrogen (secondary N) is 1. The number of hydrogen-bond donors (Lipinski definition) is 1. The molecule has 0 saturated heterocycles. The third kappa shape index (κ3) is 4.03. The van der Waals surface area contributed by atoms with Crippen LogP contribution in [0, 0.1) is 16.0 Å². The van der Waals surface area contributed by atoms with Gasteiger partial charge in [0.25, 0.3) is 5.69 Å². The summed E-state index contributed by atoms with van der Waals surface area (Å²) in [5, 5.41) is 14.4.